The average molecular weight is 411 g/mol. The van der Waals surface area contributed by atoms with E-state index < -0.39 is 23.6 Å². The van der Waals surface area contributed by atoms with E-state index in [-0.39, 0.29) is 18.0 Å². The Hall–Kier alpha value is -2.54. The maximum atomic E-state index is 12.9. The van der Waals surface area contributed by atoms with Crippen LogP contribution in [0.2, 0.25) is 5.02 Å². The number of alkyl halides is 3. The molecule has 148 valence electrons. The zero-order valence-corrected chi connectivity index (χ0v) is 15.6. The van der Waals surface area contributed by atoms with Gasteiger partial charge < -0.3 is 10.2 Å². The van der Waals surface area contributed by atoms with E-state index in [1.54, 1.807) is 24.3 Å². The van der Waals surface area contributed by atoms with Crippen LogP contribution >= 0.6 is 11.6 Å². The molecule has 1 aliphatic heterocycles. The van der Waals surface area contributed by atoms with E-state index in [0.717, 1.165) is 12.1 Å². The summed E-state index contributed by atoms with van der Waals surface area (Å²) in [5.41, 5.74) is -0.430. The molecule has 0 radical (unpaired) electrons. The van der Waals surface area contributed by atoms with Gasteiger partial charge in [-0.15, -0.1) is 0 Å². The van der Waals surface area contributed by atoms with Crippen LogP contribution in [0.25, 0.3) is 0 Å². The van der Waals surface area contributed by atoms with Gasteiger partial charge in [0.15, 0.2) is 0 Å². The van der Waals surface area contributed by atoms with Crippen molar-refractivity contribution in [2.24, 2.45) is 5.92 Å². The van der Waals surface area contributed by atoms with Crippen LogP contribution in [0.3, 0.4) is 0 Å². The molecule has 1 heterocycles. The second kappa shape index (κ2) is 8.22. The highest BCUT2D eigenvalue weighted by Crippen LogP contribution is 2.30. The van der Waals surface area contributed by atoms with Crippen LogP contribution in [0.4, 0.5) is 18.9 Å². The lowest BCUT2D eigenvalue weighted by Gasteiger charge is -2.32. The summed E-state index contributed by atoms with van der Waals surface area (Å²) < 4.78 is 38.7. The fourth-order valence-corrected chi connectivity index (χ4v) is 3.37. The third-order valence-electron chi connectivity index (χ3n) is 4.65. The normalized spacial score (nSPS) is 17.3. The lowest BCUT2D eigenvalue weighted by Crippen LogP contribution is -2.43. The molecule has 1 N–H and O–H groups in total. The van der Waals surface area contributed by atoms with Crippen molar-refractivity contribution in [3.05, 3.63) is 64.7 Å². The van der Waals surface area contributed by atoms with E-state index in [2.05, 4.69) is 5.32 Å². The van der Waals surface area contributed by atoms with Crippen molar-refractivity contribution in [1.82, 2.24) is 4.90 Å². The van der Waals surface area contributed by atoms with Gasteiger partial charge in [-0.3, -0.25) is 9.59 Å². The molecule has 0 unspecified atom stereocenters. The number of carbonyl (C=O) groups is 2. The molecule has 28 heavy (non-hydrogen) atoms. The molecule has 3 rings (SSSR count). The number of anilines is 1. The second-order valence-electron chi connectivity index (χ2n) is 6.64. The van der Waals surface area contributed by atoms with Gasteiger partial charge in [0.1, 0.15) is 0 Å². The summed E-state index contributed by atoms with van der Waals surface area (Å²) in [6.07, 6.45) is -3.34. The summed E-state index contributed by atoms with van der Waals surface area (Å²) in [4.78, 5) is 26.6. The predicted molar refractivity (Wildman–Crippen MR) is 100 cm³/mol. The number of carbonyl (C=O) groups excluding carboxylic acids is 2. The van der Waals surface area contributed by atoms with Crippen molar-refractivity contribution < 1.29 is 22.8 Å². The number of piperidine rings is 1. The zero-order chi connectivity index (χ0) is 20.3. The average Bonchev–Trinajstić information content (AvgIpc) is 2.68. The van der Waals surface area contributed by atoms with Crippen molar-refractivity contribution in [2.75, 3.05) is 18.4 Å². The quantitative estimate of drug-likeness (QED) is 0.786. The van der Waals surface area contributed by atoms with Crippen LogP contribution in [0.1, 0.15) is 28.8 Å². The van der Waals surface area contributed by atoms with Crippen molar-refractivity contribution in [3.63, 3.8) is 0 Å². The Morgan fingerprint density at radius 2 is 1.86 bits per heavy atom. The van der Waals surface area contributed by atoms with Crippen LogP contribution in [0.15, 0.2) is 48.5 Å². The zero-order valence-electron chi connectivity index (χ0n) is 14.8. The van der Waals surface area contributed by atoms with E-state index in [0.29, 0.717) is 30.1 Å². The Morgan fingerprint density at radius 3 is 2.57 bits per heavy atom. The fraction of sp³-hybridized carbons (Fsp3) is 0.300. The van der Waals surface area contributed by atoms with Gasteiger partial charge in [0.2, 0.25) is 5.91 Å². The minimum Gasteiger partial charge on any atom is -0.338 e. The Kier molecular flexibility index (Phi) is 5.93. The molecular weight excluding hydrogens is 393 g/mol. The largest absolute Gasteiger partial charge is 0.416 e. The number of hydrogen-bond acceptors (Lipinski definition) is 2. The standard InChI is InChI=1S/C20H18ClF3N2O2/c21-16-8-1-2-9-17(16)25-18(27)14-6-4-10-26(12-14)19(28)13-5-3-7-15(11-13)20(22,23)24/h1-3,5,7-9,11,14H,4,6,10,12H2,(H,25,27)/t14-/m0/s1. The fourth-order valence-electron chi connectivity index (χ4n) is 3.18. The maximum absolute atomic E-state index is 12.9. The number of amides is 2. The molecule has 0 spiro atoms. The molecule has 0 bridgehead atoms. The van der Waals surface area contributed by atoms with Gasteiger partial charge >= 0.3 is 6.18 Å². The maximum Gasteiger partial charge on any atom is 0.416 e. The molecule has 4 nitrogen and oxygen atoms in total. The van der Waals surface area contributed by atoms with Gasteiger partial charge in [-0.2, -0.15) is 13.2 Å². The molecule has 1 saturated heterocycles. The Morgan fingerprint density at radius 1 is 1.11 bits per heavy atom. The lowest BCUT2D eigenvalue weighted by atomic mass is 9.96. The summed E-state index contributed by atoms with van der Waals surface area (Å²) in [7, 11) is 0. The highest BCUT2D eigenvalue weighted by atomic mass is 35.5. The number of nitrogens with zero attached hydrogens (tertiary/aromatic N) is 1. The van der Waals surface area contributed by atoms with E-state index in [9.17, 15) is 22.8 Å². The predicted octanol–water partition coefficient (Wildman–Crippen LogP) is 4.85. The summed E-state index contributed by atoms with van der Waals surface area (Å²) in [5.74, 6) is -1.24. The van der Waals surface area contributed by atoms with Gasteiger partial charge in [0.05, 0.1) is 22.2 Å². The van der Waals surface area contributed by atoms with Crippen LogP contribution in [-0.4, -0.2) is 29.8 Å². The van der Waals surface area contributed by atoms with Crippen LogP contribution in [0.5, 0.6) is 0 Å². The highest BCUT2D eigenvalue weighted by molar-refractivity contribution is 6.33. The molecule has 2 amide bonds. The summed E-state index contributed by atoms with van der Waals surface area (Å²) >= 11 is 6.05. The molecule has 1 atom stereocenters. The second-order valence-corrected chi connectivity index (χ2v) is 7.05. The molecule has 0 aliphatic carbocycles. The third kappa shape index (κ3) is 4.65. The highest BCUT2D eigenvalue weighted by Gasteiger charge is 2.33. The minimum atomic E-state index is -4.52. The Balaban J connectivity index is 1.70. The molecule has 2 aromatic carbocycles. The smallest absolute Gasteiger partial charge is 0.338 e. The third-order valence-corrected chi connectivity index (χ3v) is 4.98. The van der Waals surface area contributed by atoms with Gasteiger partial charge in [-0.05, 0) is 43.2 Å². The summed E-state index contributed by atoms with van der Waals surface area (Å²) in [6, 6.07) is 11.1. The first-order chi connectivity index (χ1) is 13.3. The van der Waals surface area contributed by atoms with Crippen molar-refractivity contribution in [1.29, 1.82) is 0 Å². The number of halogens is 4. The van der Waals surface area contributed by atoms with E-state index in [4.69, 9.17) is 11.6 Å². The minimum absolute atomic E-state index is 0.0398. The SMILES string of the molecule is O=C(Nc1ccccc1Cl)[C@H]1CCCN(C(=O)c2cccc(C(F)(F)F)c2)C1. The number of likely N-dealkylation sites (tertiary alicyclic amines) is 1. The first-order valence-corrected chi connectivity index (χ1v) is 9.15. The number of para-hydroxylation sites is 1. The van der Waals surface area contributed by atoms with Crippen molar-refractivity contribution >= 4 is 29.1 Å². The molecule has 1 fully saturated rings. The molecule has 0 saturated carbocycles. The molecule has 1 aliphatic rings. The number of hydrogen-bond donors (Lipinski definition) is 1. The van der Waals surface area contributed by atoms with Crippen LogP contribution < -0.4 is 5.32 Å². The number of rotatable bonds is 3. The number of benzene rings is 2. The first kappa shape index (κ1) is 20.2. The Bertz CT molecular complexity index is 886. The van der Waals surface area contributed by atoms with Crippen molar-refractivity contribution in [2.45, 2.75) is 19.0 Å². The van der Waals surface area contributed by atoms with Gasteiger partial charge in [-0.1, -0.05) is 29.8 Å². The number of nitrogens with one attached hydrogen (secondary N) is 1. The van der Waals surface area contributed by atoms with Crippen LogP contribution in [-0.2, 0) is 11.0 Å². The monoisotopic (exact) mass is 410 g/mol. The van der Waals surface area contributed by atoms with Gasteiger partial charge in [0.25, 0.3) is 5.91 Å². The summed E-state index contributed by atoms with van der Waals surface area (Å²) in [6.45, 7) is 0.538. The first-order valence-electron chi connectivity index (χ1n) is 8.77. The van der Waals surface area contributed by atoms with Crippen LogP contribution in [0, 0.1) is 5.92 Å². The topological polar surface area (TPSA) is 49.4 Å². The molecular formula is C20H18ClF3N2O2. The van der Waals surface area contributed by atoms with Gasteiger partial charge in [0, 0.05) is 18.7 Å². The molecule has 0 aromatic heterocycles. The van der Waals surface area contributed by atoms with E-state index in [1.807, 2.05) is 0 Å². The van der Waals surface area contributed by atoms with E-state index in [1.165, 1.54) is 17.0 Å². The molecule has 8 heteroatoms. The summed E-state index contributed by atoms with van der Waals surface area (Å²) in [5, 5.41) is 3.16. The lowest BCUT2D eigenvalue weighted by molar-refractivity contribution is -0.137. The van der Waals surface area contributed by atoms with Crippen molar-refractivity contribution in [3.8, 4) is 0 Å². The van der Waals surface area contributed by atoms with E-state index >= 15 is 0 Å². The van der Waals surface area contributed by atoms with Gasteiger partial charge in [-0.25, -0.2) is 0 Å². The Labute approximate surface area is 165 Å². The molecule has 2 aromatic rings.